The van der Waals surface area contributed by atoms with Crippen LogP contribution in [0, 0.1) is 13.8 Å². The topological polar surface area (TPSA) is 21.3 Å². The summed E-state index contributed by atoms with van der Waals surface area (Å²) in [7, 11) is 0. The van der Waals surface area contributed by atoms with Crippen LogP contribution in [0.2, 0.25) is 0 Å². The van der Waals surface area contributed by atoms with E-state index in [1.165, 1.54) is 11.1 Å². The minimum Gasteiger partial charge on any atom is -0.492 e. The molecule has 0 saturated carbocycles. The van der Waals surface area contributed by atoms with Gasteiger partial charge in [-0.1, -0.05) is 17.7 Å². The molecule has 0 unspecified atom stereocenters. The number of ether oxygens (including phenoxy) is 1. The molecule has 0 atom stereocenters. The Hall–Kier alpha value is -1.02. The second-order valence-electron chi connectivity index (χ2n) is 5.29. The summed E-state index contributed by atoms with van der Waals surface area (Å²) in [6, 6.07) is 6.27. The minimum atomic E-state index is 0.158. The van der Waals surface area contributed by atoms with Crippen LogP contribution in [0.15, 0.2) is 18.2 Å². The first-order chi connectivity index (χ1) is 7.38. The van der Waals surface area contributed by atoms with Crippen molar-refractivity contribution in [3.05, 3.63) is 29.3 Å². The number of hydrogen-bond acceptors (Lipinski definition) is 2. The van der Waals surface area contributed by atoms with E-state index in [2.05, 4.69) is 52.1 Å². The van der Waals surface area contributed by atoms with Gasteiger partial charge in [-0.2, -0.15) is 0 Å². The van der Waals surface area contributed by atoms with Gasteiger partial charge in [-0.15, -0.1) is 0 Å². The summed E-state index contributed by atoms with van der Waals surface area (Å²) in [4.78, 5) is 0. The monoisotopic (exact) mass is 221 g/mol. The van der Waals surface area contributed by atoms with Gasteiger partial charge < -0.3 is 10.1 Å². The van der Waals surface area contributed by atoms with Crippen molar-refractivity contribution in [3.8, 4) is 5.75 Å². The van der Waals surface area contributed by atoms with Crippen molar-refractivity contribution in [2.45, 2.75) is 40.2 Å². The zero-order chi connectivity index (χ0) is 12.2. The fourth-order valence-corrected chi connectivity index (χ4v) is 1.55. The fraction of sp³-hybridized carbons (Fsp3) is 0.571. The first kappa shape index (κ1) is 13.0. The number of rotatable bonds is 4. The maximum Gasteiger partial charge on any atom is 0.122 e. The molecule has 0 spiro atoms. The van der Waals surface area contributed by atoms with E-state index in [-0.39, 0.29) is 5.54 Å². The van der Waals surface area contributed by atoms with Crippen molar-refractivity contribution in [2.24, 2.45) is 0 Å². The lowest BCUT2D eigenvalue weighted by molar-refractivity contribution is 0.289. The maximum absolute atomic E-state index is 5.72. The third kappa shape index (κ3) is 4.67. The summed E-state index contributed by atoms with van der Waals surface area (Å²) in [5.74, 6) is 0.987. The Kier molecular flexibility index (Phi) is 4.36. The van der Waals surface area contributed by atoms with Crippen molar-refractivity contribution < 1.29 is 4.74 Å². The van der Waals surface area contributed by atoms with E-state index in [1.807, 2.05) is 6.07 Å². The van der Waals surface area contributed by atoms with E-state index in [1.54, 1.807) is 0 Å². The van der Waals surface area contributed by atoms with Gasteiger partial charge in [0.15, 0.2) is 0 Å². The van der Waals surface area contributed by atoms with Gasteiger partial charge in [0.1, 0.15) is 12.4 Å². The lowest BCUT2D eigenvalue weighted by atomic mass is 10.1. The molecule has 0 aliphatic rings. The number of benzene rings is 1. The molecule has 0 aliphatic heterocycles. The van der Waals surface area contributed by atoms with E-state index >= 15 is 0 Å². The Morgan fingerprint density at radius 3 is 2.44 bits per heavy atom. The van der Waals surface area contributed by atoms with Crippen LogP contribution in [0.4, 0.5) is 0 Å². The van der Waals surface area contributed by atoms with E-state index < -0.39 is 0 Å². The third-order valence-electron chi connectivity index (χ3n) is 2.35. The average Bonchev–Trinajstić information content (AvgIpc) is 2.13. The van der Waals surface area contributed by atoms with Crippen molar-refractivity contribution in [1.82, 2.24) is 5.32 Å². The van der Waals surface area contributed by atoms with Gasteiger partial charge in [0.05, 0.1) is 0 Å². The zero-order valence-electron chi connectivity index (χ0n) is 11.1. The third-order valence-corrected chi connectivity index (χ3v) is 2.35. The molecule has 0 radical (unpaired) electrons. The molecule has 1 aromatic rings. The molecule has 2 heteroatoms. The zero-order valence-corrected chi connectivity index (χ0v) is 11.1. The molecule has 0 aromatic heterocycles. The minimum absolute atomic E-state index is 0.158. The maximum atomic E-state index is 5.72. The van der Waals surface area contributed by atoms with Crippen molar-refractivity contribution in [1.29, 1.82) is 0 Å². The first-order valence-electron chi connectivity index (χ1n) is 5.83. The van der Waals surface area contributed by atoms with Gasteiger partial charge in [0.2, 0.25) is 0 Å². The van der Waals surface area contributed by atoms with Crippen LogP contribution in [0.1, 0.15) is 31.9 Å². The molecule has 0 aliphatic carbocycles. The van der Waals surface area contributed by atoms with Crippen LogP contribution in [-0.4, -0.2) is 18.7 Å². The molecular formula is C14H23NO. The average molecular weight is 221 g/mol. The van der Waals surface area contributed by atoms with Crippen LogP contribution >= 0.6 is 0 Å². The molecule has 0 heterocycles. The number of nitrogens with one attached hydrogen (secondary N) is 1. The predicted molar refractivity (Wildman–Crippen MR) is 69.2 cm³/mol. The van der Waals surface area contributed by atoms with Gasteiger partial charge in [-0.25, -0.2) is 0 Å². The summed E-state index contributed by atoms with van der Waals surface area (Å²) in [5.41, 5.74) is 2.64. The van der Waals surface area contributed by atoms with Gasteiger partial charge >= 0.3 is 0 Å². The highest BCUT2D eigenvalue weighted by atomic mass is 16.5. The highest BCUT2D eigenvalue weighted by molar-refractivity contribution is 5.35. The molecule has 90 valence electrons. The van der Waals surface area contributed by atoms with Crippen LogP contribution in [0.5, 0.6) is 5.75 Å². The van der Waals surface area contributed by atoms with E-state index in [9.17, 15) is 0 Å². The SMILES string of the molecule is Cc1ccc(OCCNC(C)(C)C)c(C)c1. The Morgan fingerprint density at radius 2 is 1.88 bits per heavy atom. The number of aryl methyl sites for hydroxylation is 2. The summed E-state index contributed by atoms with van der Waals surface area (Å²) in [6.45, 7) is 12.2. The molecule has 0 bridgehead atoms. The lowest BCUT2D eigenvalue weighted by Crippen LogP contribution is -2.38. The Balaban J connectivity index is 2.38. The van der Waals surface area contributed by atoms with Crippen LogP contribution in [-0.2, 0) is 0 Å². The normalized spacial score (nSPS) is 11.6. The lowest BCUT2D eigenvalue weighted by Gasteiger charge is -2.20. The standard InChI is InChI=1S/C14H23NO/c1-11-6-7-13(12(2)10-11)16-9-8-15-14(3,4)5/h6-7,10,15H,8-9H2,1-5H3. The molecule has 0 fully saturated rings. The molecule has 0 amide bonds. The number of hydrogen-bond donors (Lipinski definition) is 1. The quantitative estimate of drug-likeness (QED) is 0.789. The summed E-state index contributed by atoms with van der Waals surface area (Å²) >= 11 is 0. The molecule has 16 heavy (non-hydrogen) atoms. The van der Waals surface area contributed by atoms with E-state index in [0.29, 0.717) is 6.61 Å². The smallest absolute Gasteiger partial charge is 0.122 e. The van der Waals surface area contributed by atoms with Gasteiger partial charge in [-0.05, 0) is 46.2 Å². The van der Waals surface area contributed by atoms with Gasteiger partial charge in [0.25, 0.3) is 0 Å². The second kappa shape index (κ2) is 5.35. The van der Waals surface area contributed by atoms with Crippen LogP contribution in [0.3, 0.4) is 0 Å². The highest BCUT2D eigenvalue weighted by Crippen LogP contribution is 2.18. The fourth-order valence-electron chi connectivity index (χ4n) is 1.55. The Bertz CT molecular complexity index is 339. The van der Waals surface area contributed by atoms with Crippen molar-refractivity contribution in [2.75, 3.05) is 13.2 Å². The summed E-state index contributed by atoms with van der Waals surface area (Å²) in [5, 5.41) is 3.40. The van der Waals surface area contributed by atoms with Crippen molar-refractivity contribution in [3.63, 3.8) is 0 Å². The van der Waals surface area contributed by atoms with Gasteiger partial charge in [-0.3, -0.25) is 0 Å². The highest BCUT2D eigenvalue weighted by Gasteiger charge is 2.07. The van der Waals surface area contributed by atoms with Gasteiger partial charge in [0, 0.05) is 12.1 Å². The molecule has 0 saturated heterocycles. The Morgan fingerprint density at radius 1 is 1.19 bits per heavy atom. The molecule has 2 nitrogen and oxygen atoms in total. The van der Waals surface area contributed by atoms with Crippen LogP contribution < -0.4 is 10.1 Å². The molecule has 1 rings (SSSR count). The first-order valence-corrected chi connectivity index (χ1v) is 5.83. The van der Waals surface area contributed by atoms with Crippen LogP contribution in [0.25, 0.3) is 0 Å². The van der Waals surface area contributed by atoms with E-state index in [4.69, 9.17) is 4.74 Å². The predicted octanol–water partition coefficient (Wildman–Crippen LogP) is 3.07. The molecule has 1 aromatic carbocycles. The van der Waals surface area contributed by atoms with Crippen molar-refractivity contribution >= 4 is 0 Å². The summed E-state index contributed by atoms with van der Waals surface area (Å²) in [6.07, 6.45) is 0. The largest absolute Gasteiger partial charge is 0.492 e. The Labute approximate surface area is 99.0 Å². The van der Waals surface area contributed by atoms with E-state index in [0.717, 1.165) is 12.3 Å². The second-order valence-corrected chi connectivity index (χ2v) is 5.29. The molecular weight excluding hydrogens is 198 g/mol. The molecule has 1 N–H and O–H groups in total. The summed E-state index contributed by atoms with van der Waals surface area (Å²) < 4.78 is 5.72.